The number of carbonyl (C=O) groups is 1. The van der Waals surface area contributed by atoms with E-state index >= 15 is 0 Å². The zero-order valence-electron chi connectivity index (χ0n) is 12.4. The van der Waals surface area contributed by atoms with Gasteiger partial charge in [-0.15, -0.1) is 0 Å². The number of nitrogens with zero attached hydrogens (tertiary/aromatic N) is 1. The first kappa shape index (κ1) is 14.9. The molecule has 4 nitrogen and oxygen atoms in total. The molecule has 2 rings (SSSR count). The summed E-state index contributed by atoms with van der Waals surface area (Å²) < 4.78 is 5.29. The number of ether oxygens (including phenoxy) is 1. The molecule has 0 radical (unpaired) electrons. The van der Waals surface area contributed by atoms with Crippen molar-refractivity contribution >= 4 is 6.09 Å². The van der Waals surface area contributed by atoms with Gasteiger partial charge in [-0.2, -0.15) is 0 Å². The van der Waals surface area contributed by atoms with Crippen LogP contribution in [0.15, 0.2) is 18.2 Å². The third-order valence-corrected chi connectivity index (χ3v) is 3.89. The van der Waals surface area contributed by atoms with E-state index in [-0.39, 0.29) is 6.09 Å². The fourth-order valence-corrected chi connectivity index (χ4v) is 2.59. The predicted molar refractivity (Wildman–Crippen MR) is 79.8 cm³/mol. The molecule has 0 aliphatic carbocycles. The fraction of sp³-hybridized carbons (Fsp3) is 0.562. The number of aryl methyl sites for hydroxylation is 2. The average molecular weight is 276 g/mol. The highest BCUT2D eigenvalue weighted by molar-refractivity contribution is 5.67. The highest BCUT2D eigenvalue weighted by Crippen LogP contribution is 2.14. The van der Waals surface area contributed by atoms with E-state index in [1.54, 1.807) is 0 Å². The summed E-state index contributed by atoms with van der Waals surface area (Å²) in [7, 11) is 0. The van der Waals surface area contributed by atoms with Crippen LogP contribution in [0.4, 0.5) is 4.79 Å². The lowest BCUT2D eigenvalue weighted by atomic mass is 10.0. The van der Waals surface area contributed by atoms with E-state index in [9.17, 15) is 4.79 Å². The minimum absolute atomic E-state index is 0.327. The standard InChI is InChI=1S/C16H24N2O2/c1-13-6-5-7-14(2)15(13)12-20-16(19)17-8-11-18-9-3-4-10-18/h5-7H,3-4,8-12H2,1-2H3,(H,17,19). The third kappa shape index (κ3) is 4.23. The van der Waals surface area contributed by atoms with Gasteiger partial charge in [-0.1, -0.05) is 18.2 Å². The Kier molecular flexibility index (Phi) is 5.41. The number of nitrogens with one attached hydrogen (secondary N) is 1. The van der Waals surface area contributed by atoms with Crippen molar-refractivity contribution in [3.8, 4) is 0 Å². The molecule has 1 amide bonds. The zero-order chi connectivity index (χ0) is 14.4. The topological polar surface area (TPSA) is 41.6 Å². The van der Waals surface area contributed by atoms with Crippen LogP contribution in [-0.2, 0) is 11.3 Å². The van der Waals surface area contributed by atoms with E-state index in [4.69, 9.17) is 4.74 Å². The van der Waals surface area contributed by atoms with Gasteiger partial charge >= 0.3 is 6.09 Å². The van der Waals surface area contributed by atoms with E-state index in [1.807, 2.05) is 32.0 Å². The first-order valence-electron chi connectivity index (χ1n) is 7.35. The van der Waals surface area contributed by atoms with Gasteiger partial charge in [0, 0.05) is 13.1 Å². The van der Waals surface area contributed by atoms with Crippen molar-refractivity contribution < 1.29 is 9.53 Å². The number of hydrogen-bond donors (Lipinski definition) is 1. The molecule has 0 bridgehead atoms. The third-order valence-electron chi connectivity index (χ3n) is 3.89. The minimum Gasteiger partial charge on any atom is -0.445 e. The quantitative estimate of drug-likeness (QED) is 0.899. The lowest BCUT2D eigenvalue weighted by Crippen LogP contribution is -2.33. The highest BCUT2D eigenvalue weighted by atomic mass is 16.5. The van der Waals surface area contributed by atoms with Crippen molar-refractivity contribution in [1.82, 2.24) is 10.2 Å². The van der Waals surface area contributed by atoms with Crippen LogP contribution in [0.3, 0.4) is 0 Å². The second-order valence-corrected chi connectivity index (χ2v) is 5.42. The van der Waals surface area contributed by atoms with Crippen molar-refractivity contribution in [2.24, 2.45) is 0 Å². The Morgan fingerprint density at radius 1 is 1.25 bits per heavy atom. The van der Waals surface area contributed by atoms with Gasteiger partial charge in [-0.3, -0.25) is 0 Å². The Labute approximate surface area is 121 Å². The van der Waals surface area contributed by atoms with Crippen molar-refractivity contribution in [3.63, 3.8) is 0 Å². The molecular formula is C16H24N2O2. The summed E-state index contributed by atoms with van der Waals surface area (Å²) in [5, 5.41) is 2.82. The lowest BCUT2D eigenvalue weighted by molar-refractivity contribution is 0.138. The van der Waals surface area contributed by atoms with E-state index in [1.165, 1.54) is 12.8 Å². The van der Waals surface area contributed by atoms with Gasteiger partial charge in [0.1, 0.15) is 6.61 Å². The Morgan fingerprint density at radius 3 is 2.55 bits per heavy atom. The van der Waals surface area contributed by atoms with Crippen LogP contribution in [-0.4, -0.2) is 37.2 Å². The van der Waals surface area contributed by atoms with Crippen LogP contribution in [0, 0.1) is 13.8 Å². The number of carbonyl (C=O) groups excluding carboxylic acids is 1. The SMILES string of the molecule is Cc1cccc(C)c1COC(=O)NCCN1CCCC1. The molecule has 110 valence electrons. The zero-order valence-corrected chi connectivity index (χ0v) is 12.4. The summed E-state index contributed by atoms with van der Waals surface area (Å²) in [5.41, 5.74) is 3.42. The number of likely N-dealkylation sites (tertiary alicyclic amines) is 1. The summed E-state index contributed by atoms with van der Waals surface area (Å²) in [6.07, 6.45) is 2.22. The van der Waals surface area contributed by atoms with Crippen LogP contribution in [0.2, 0.25) is 0 Å². The van der Waals surface area contributed by atoms with E-state index in [0.29, 0.717) is 13.2 Å². The average Bonchev–Trinajstić information content (AvgIpc) is 2.91. The molecule has 0 atom stereocenters. The van der Waals surface area contributed by atoms with Crippen LogP contribution in [0.25, 0.3) is 0 Å². The summed E-state index contributed by atoms with van der Waals surface area (Å²) >= 11 is 0. The lowest BCUT2D eigenvalue weighted by Gasteiger charge is -2.15. The number of alkyl carbamates (subject to hydrolysis) is 1. The second kappa shape index (κ2) is 7.29. The summed E-state index contributed by atoms with van der Waals surface area (Å²) in [6, 6.07) is 6.10. The molecule has 1 aliphatic rings. The Morgan fingerprint density at radius 2 is 1.90 bits per heavy atom. The minimum atomic E-state index is -0.327. The van der Waals surface area contributed by atoms with E-state index < -0.39 is 0 Å². The summed E-state index contributed by atoms with van der Waals surface area (Å²) in [5.74, 6) is 0. The maximum Gasteiger partial charge on any atom is 0.407 e. The van der Waals surface area contributed by atoms with Crippen LogP contribution in [0.1, 0.15) is 29.5 Å². The number of rotatable bonds is 5. The van der Waals surface area contributed by atoms with Gasteiger partial charge in [0.25, 0.3) is 0 Å². The van der Waals surface area contributed by atoms with Crippen molar-refractivity contribution in [2.75, 3.05) is 26.2 Å². The molecule has 1 fully saturated rings. The Bertz CT molecular complexity index is 434. The van der Waals surface area contributed by atoms with Gasteiger partial charge in [0.05, 0.1) is 0 Å². The number of hydrogen-bond acceptors (Lipinski definition) is 3. The van der Waals surface area contributed by atoms with Gasteiger partial charge < -0.3 is 15.0 Å². The molecule has 1 saturated heterocycles. The molecule has 1 aromatic carbocycles. The molecule has 1 aliphatic heterocycles. The van der Waals surface area contributed by atoms with Crippen LogP contribution in [0.5, 0.6) is 0 Å². The van der Waals surface area contributed by atoms with Gasteiger partial charge in [0.2, 0.25) is 0 Å². The maximum absolute atomic E-state index is 11.7. The molecule has 0 unspecified atom stereocenters. The smallest absolute Gasteiger partial charge is 0.407 e. The molecule has 0 spiro atoms. The van der Waals surface area contributed by atoms with Crippen molar-refractivity contribution in [1.29, 1.82) is 0 Å². The van der Waals surface area contributed by atoms with Crippen molar-refractivity contribution in [3.05, 3.63) is 34.9 Å². The Hall–Kier alpha value is -1.55. The Balaban J connectivity index is 1.69. The molecule has 1 aromatic rings. The second-order valence-electron chi connectivity index (χ2n) is 5.42. The van der Waals surface area contributed by atoms with Crippen LogP contribution < -0.4 is 5.32 Å². The first-order chi connectivity index (χ1) is 9.66. The number of amides is 1. The van der Waals surface area contributed by atoms with Gasteiger partial charge in [-0.25, -0.2) is 4.79 Å². The monoisotopic (exact) mass is 276 g/mol. The highest BCUT2D eigenvalue weighted by Gasteiger charge is 2.11. The largest absolute Gasteiger partial charge is 0.445 e. The molecule has 1 heterocycles. The van der Waals surface area contributed by atoms with Gasteiger partial charge in [-0.05, 0) is 56.5 Å². The van der Waals surface area contributed by atoms with Crippen molar-refractivity contribution in [2.45, 2.75) is 33.3 Å². The van der Waals surface area contributed by atoms with Crippen LogP contribution >= 0.6 is 0 Å². The molecule has 0 aromatic heterocycles. The molecule has 4 heteroatoms. The summed E-state index contributed by atoms with van der Waals surface area (Å²) in [6.45, 7) is 8.30. The fourth-order valence-electron chi connectivity index (χ4n) is 2.59. The van der Waals surface area contributed by atoms with E-state index in [0.717, 1.165) is 36.3 Å². The molecule has 0 saturated carbocycles. The molecule has 1 N–H and O–H groups in total. The molecule has 20 heavy (non-hydrogen) atoms. The molecular weight excluding hydrogens is 252 g/mol. The number of benzene rings is 1. The first-order valence-corrected chi connectivity index (χ1v) is 7.35. The summed E-state index contributed by atoms with van der Waals surface area (Å²) in [4.78, 5) is 14.0. The maximum atomic E-state index is 11.7. The van der Waals surface area contributed by atoms with Gasteiger partial charge in [0.15, 0.2) is 0 Å². The normalized spacial score (nSPS) is 15.3. The predicted octanol–water partition coefficient (Wildman–Crippen LogP) is 2.63. The van der Waals surface area contributed by atoms with E-state index in [2.05, 4.69) is 10.2 Å².